The van der Waals surface area contributed by atoms with E-state index in [-0.39, 0.29) is 17.9 Å². The Kier molecular flexibility index (Phi) is 6.21. The summed E-state index contributed by atoms with van der Waals surface area (Å²) in [6.45, 7) is 3.51. The third-order valence-electron chi connectivity index (χ3n) is 5.32. The molecule has 136 valence electrons. The maximum absolute atomic E-state index is 12.9. The van der Waals surface area contributed by atoms with Gasteiger partial charge in [0.2, 0.25) is 5.91 Å². The zero-order chi connectivity index (χ0) is 17.9. The minimum absolute atomic E-state index is 0.0222. The topological polar surface area (TPSA) is 107 Å². The van der Waals surface area contributed by atoms with E-state index in [0.717, 1.165) is 25.7 Å². The highest BCUT2D eigenvalue weighted by Crippen LogP contribution is 2.40. The molecule has 0 bridgehead atoms. The lowest BCUT2D eigenvalue weighted by atomic mass is 9.84. The lowest BCUT2D eigenvalue weighted by Crippen LogP contribution is -2.55. The number of carboxylic acids is 2. The van der Waals surface area contributed by atoms with E-state index in [1.807, 2.05) is 6.92 Å². The molecule has 0 radical (unpaired) electrons. The Labute approximate surface area is 142 Å². The molecule has 7 nitrogen and oxygen atoms in total. The minimum atomic E-state index is -0.983. The molecule has 1 amide bonds. The second-order valence-corrected chi connectivity index (χ2v) is 7.01. The zero-order valence-corrected chi connectivity index (χ0v) is 14.4. The van der Waals surface area contributed by atoms with Crippen molar-refractivity contribution in [3.05, 3.63) is 0 Å². The third kappa shape index (κ3) is 3.88. The molecule has 0 aromatic carbocycles. The van der Waals surface area contributed by atoms with E-state index < -0.39 is 30.1 Å². The van der Waals surface area contributed by atoms with Gasteiger partial charge in [0, 0.05) is 6.04 Å². The van der Waals surface area contributed by atoms with Gasteiger partial charge in [-0.25, -0.2) is 4.79 Å². The molecule has 1 saturated carbocycles. The van der Waals surface area contributed by atoms with Gasteiger partial charge in [-0.3, -0.25) is 14.9 Å². The molecular weight excluding hydrogens is 312 g/mol. The van der Waals surface area contributed by atoms with Crippen molar-refractivity contribution in [3.63, 3.8) is 0 Å². The summed E-state index contributed by atoms with van der Waals surface area (Å²) in [5.74, 6) is -1.99. The Hall–Kier alpha value is -1.63. The molecule has 2 fully saturated rings. The van der Waals surface area contributed by atoms with Crippen LogP contribution in [0.2, 0.25) is 0 Å². The predicted molar refractivity (Wildman–Crippen MR) is 87.6 cm³/mol. The Bertz CT molecular complexity index is 495. The van der Waals surface area contributed by atoms with E-state index in [9.17, 15) is 24.6 Å². The summed E-state index contributed by atoms with van der Waals surface area (Å²) in [4.78, 5) is 37.3. The summed E-state index contributed by atoms with van der Waals surface area (Å²) in [6, 6.07) is -2.31. The number of carboxylic acid groups (broad SMARTS) is 2. The fraction of sp³-hybridized carbons (Fsp3) is 0.824. The summed E-state index contributed by atoms with van der Waals surface area (Å²) in [6.07, 6.45) is 5.53. The fourth-order valence-electron chi connectivity index (χ4n) is 4.16. The quantitative estimate of drug-likeness (QED) is 0.648. The van der Waals surface area contributed by atoms with Gasteiger partial charge < -0.3 is 15.1 Å². The summed E-state index contributed by atoms with van der Waals surface area (Å²) in [5, 5.41) is 21.6. The first-order valence-corrected chi connectivity index (χ1v) is 8.90. The van der Waals surface area contributed by atoms with Gasteiger partial charge in [-0.15, -0.1) is 0 Å². The molecule has 2 unspecified atom stereocenters. The lowest BCUT2D eigenvalue weighted by Gasteiger charge is -2.35. The molecule has 1 aliphatic heterocycles. The number of hydrogen-bond acceptors (Lipinski definition) is 4. The van der Waals surface area contributed by atoms with Gasteiger partial charge in [-0.1, -0.05) is 26.2 Å². The van der Waals surface area contributed by atoms with Gasteiger partial charge in [-0.2, -0.15) is 0 Å². The van der Waals surface area contributed by atoms with Crippen LogP contribution in [0.1, 0.15) is 58.8 Å². The van der Waals surface area contributed by atoms with Crippen LogP contribution in [0.5, 0.6) is 0 Å². The smallest absolute Gasteiger partial charge is 0.326 e. The summed E-state index contributed by atoms with van der Waals surface area (Å²) >= 11 is 0. The zero-order valence-electron chi connectivity index (χ0n) is 14.4. The summed E-state index contributed by atoms with van der Waals surface area (Å²) in [5.41, 5.74) is 0. The highest BCUT2D eigenvalue weighted by molar-refractivity contribution is 5.88. The van der Waals surface area contributed by atoms with Gasteiger partial charge >= 0.3 is 11.9 Å². The second kappa shape index (κ2) is 7.96. The van der Waals surface area contributed by atoms with Crippen molar-refractivity contribution in [2.75, 3.05) is 0 Å². The predicted octanol–water partition coefficient (Wildman–Crippen LogP) is 1.46. The molecular formula is C17H28N2O5. The lowest BCUT2D eigenvalue weighted by molar-refractivity contribution is -0.151. The van der Waals surface area contributed by atoms with Crippen molar-refractivity contribution in [1.29, 1.82) is 0 Å². The SMILES string of the molecule is CCCC(N[C@@H](C)C(=O)N1C(C(=O)O)C[C@@H]2CCCC[C@@H]21)C(=O)O. The molecule has 3 N–H and O–H groups in total. The minimum Gasteiger partial charge on any atom is -0.480 e. The van der Waals surface area contributed by atoms with Gasteiger partial charge in [0.15, 0.2) is 0 Å². The monoisotopic (exact) mass is 340 g/mol. The number of carbonyl (C=O) groups is 3. The van der Waals surface area contributed by atoms with Crippen LogP contribution >= 0.6 is 0 Å². The molecule has 5 atom stereocenters. The molecule has 0 spiro atoms. The van der Waals surface area contributed by atoms with Crippen LogP contribution in [0, 0.1) is 5.92 Å². The maximum Gasteiger partial charge on any atom is 0.326 e. The molecule has 2 rings (SSSR count). The fourth-order valence-corrected chi connectivity index (χ4v) is 4.16. The van der Waals surface area contributed by atoms with Gasteiger partial charge in [0.1, 0.15) is 12.1 Å². The summed E-state index contributed by atoms with van der Waals surface area (Å²) < 4.78 is 0. The van der Waals surface area contributed by atoms with Gasteiger partial charge in [0.05, 0.1) is 6.04 Å². The van der Waals surface area contributed by atoms with Crippen LogP contribution in [0.3, 0.4) is 0 Å². The number of likely N-dealkylation sites (tertiary alicyclic amines) is 1. The van der Waals surface area contributed by atoms with Gasteiger partial charge in [-0.05, 0) is 38.5 Å². The first kappa shape index (κ1) is 18.7. The van der Waals surface area contributed by atoms with Crippen LogP contribution < -0.4 is 5.32 Å². The standard InChI is InChI=1S/C17H28N2O5/c1-3-6-12(16(21)22)18-10(2)15(20)19-13-8-5-4-7-11(13)9-14(19)17(23)24/h10-14,18H,3-9H2,1-2H3,(H,21,22)(H,23,24)/t10-,11-,12?,13-,14?/m0/s1. The average Bonchev–Trinajstić information content (AvgIpc) is 2.93. The highest BCUT2D eigenvalue weighted by atomic mass is 16.4. The molecule has 1 aliphatic carbocycles. The van der Waals surface area contributed by atoms with Crippen molar-refractivity contribution in [1.82, 2.24) is 10.2 Å². The van der Waals surface area contributed by atoms with Crippen LogP contribution in [-0.2, 0) is 14.4 Å². The number of nitrogens with one attached hydrogen (secondary N) is 1. The van der Waals surface area contributed by atoms with E-state index in [0.29, 0.717) is 19.3 Å². The number of amides is 1. The Morgan fingerprint density at radius 2 is 1.88 bits per heavy atom. The number of aliphatic carboxylic acids is 2. The van der Waals surface area contributed by atoms with E-state index in [1.54, 1.807) is 6.92 Å². The van der Waals surface area contributed by atoms with E-state index in [4.69, 9.17) is 0 Å². The van der Waals surface area contributed by atoms with Crippen molar-refractivity contribution in [2.45, 2.75) is 83.0 Å². The Balaban J connectivity index is 2.12. The second-order valence-electron chi connectivity index (χ2n) is 7.01. The first-order chi connectivity index (χ1) is 11.4. The van der Waals surface area contributed by atoms with Gasteiger partial charge in [0.25, 0.3) is 0 Å². The van der Waals surface area contributed by atoms with Crippen LogP contribution in [0.15, 0.2) is 0 Å². The maximum atomic E-state index is 12.9. The molecule has 7 heteroatoms. The number of carbonyl (C=O) groups excluding carboxylic acids is 1. The van der Waals surface area contributed by atoms with Crippen molar-refractivity contribution in [3.8, 4) is 0 Å². The molecule has 1 heterocycles. The molecule has 1 saturated heterocycles. The number of rotatable bonds is 7. The molecule has 0 aromatic heterocycles. The number of hydrogen-bond donors (Lipinski definition) is 3. The first-order valence-electron chi connectivity index (χ1n) is 8.90. The Morgan fingerprint density at radius 1 is 1.21 bits per heavy atom. The van der Waals surface area contributed by atoms with Crippen LogP contribution in [-0.4, -0.2) is 57.1 Å². The Morgan fingerprint density at radius 3 is 2.46 bits per heavy atom. The van der Waals surface area contributed by atoms with Crippen LogP contribution in [0.4, 0.5) is 0 Å². The third-order valence-corrected chi connectivity index (χ3v) is 5.32. The van der Waals surface area contributed by atoms with E-state index in [2.05, 4.69) is 5.32 Å². The van der Waals surface area contributed by atoms with Crippen molar-refractivity contribution in [2.24, 2.45) is 5.92 Å². The number of fused-ring (bicyclic) bond motifs is 1. The van der Waals surface area contributed by atoms with E-state index in [1.165, 1.54) is 4.90 Å². The van der Waals surface area contributed by atoms with Crippen molar-refractivity contribution < 1.29 is 24.6 Å². The largest absolute Gasteiger partial charge is 0.480 e. The molecule has 24 heavy (non-hydrogen) atoms. The summed E-state index contributed by atoms with van der Waals surface area (Å²) in [7, 11) is 0. The number of nitrogens with zero attached hydrogens (tertiary/aromatic N) is 1. The normalized spacial score (nSPS) is 28.9. The molecule has 2 aliphatic rings. The molecule has 0 aromatic rings. The van der Waals surface area contributed by atoms with E-state index >= 15 is 0 Å². The van der Waals surface area contributed by atoms with Crippen molar-refractivity contribution >= 4 is 17.8 Å². The van der Waals surface area contributed by atoms with Crippen LogP contribution in [0.25, 0.3) is 0 Å². The average molecular weight is 340 g/mol. The highest BCUT2D eigenvalue weighted by Gasteiger charge is 2.48.